The molecule has 2 unspecified atom stereocenters. The van der Waals surface area contributed by atoms with Crippen molar-refractivity contribution in [2.45, 2.75) is 25.4 Å². The van der Waals surface area contributed by atoms with E-state index < -0.39 is 0 Å². The van der Waals surface area contributed by atoms with Gasteiger partial charge in [0.15, 0.2) is 5.96 Å². The molecule has 0 spiro atoms. The standard InChI is InChI=1S/C21H28N4O/c1-22-21(24-14-12-19-11-5-6-13-23-19)25-16-18-10-7-15-26-20(18)17-8-3-2-4-9-17/h2-6,8-9,11,13,18,20H,7,10,12,14-16H2,1H3,(H2,22,24,25). The highest BCUT2D eigenvalue weighted by Gasteiger charge is 2.27. The molecule has 138 valence electrons. The summed E-state index contributed by atoms with van der Waals surface area (Å²) in [5, 5.41) is 6.83. The van der Waals surface area contributed by atoms with Crippen molar-refractivity contribution < 1.29 is 4.74 Å². The first-order chi connectivity index (χ1) is 12.9. The smallest absolute Gasteiger partial charge is 0.191 e. The predicted octanol–water partition coefficient (Wildman–Crippen LogP) is 2.96. The van der Waals surface area contributed by atoms with E-state index in [1.807, 2.05) is 37.5 Å². The summed E-state index contributed by atoms with van der Waals surface area (Å²) in [5.74, 6) is 1.28. The molecule has 1 aliphatic heterocycles. The largest absolute Gasteiger partial charge is 0.373 e. The number of aliphatic imine (C=N–C) groups is 1. The number of ether oxygens (including phenoxy) is 1. The van der Waals surface area contributed by atoms with Crippen molar-refractivity contribution in [1.82, 2.24) is 15.6 Å². The molecule has 1 aliphatic rings. The maximum Gasteiger partial charge on any atom is 0.191 e. The Labute approximate surface area is 155 Å². The van der Waals surface area contributed by atoms with Crippen LogP contribution in [0, 0.1) is 5.92 Å². The Hall–Kier alpha value is -2.40. The maximum atomic E-state index is 6.07. The first kappa shape index (κ1) is 18.4. The molecule has 5 heteroatoms. The van der Waals surface area contributed by atoms with Crippen LogP contribution in [0.15, 0.2) is 59.7 Å². The lowest BCUT2D eigenvalue weighted by atomic mass is 9.89. The minimum absolute atomic E-state index is 0.157. The number of nitrogens with zero attached hydrogens (tertiary/aromatic N) is 2. The minimum Gasteiger partial charge on any atom is -0.373 e. The van der Waals surface area contributed by atoms with Crippen LogP contribution in [0.1, 0.15) is 30.2 Å². The first-order valence-corrected chi connectivity index (χ1v) is 9.38. The number of guanidine groups is 1. The molecule has 0 bridgehead atoms. The highest BCUT2D eigenvalue weighted by atomic mass is 16.5. The molecular formula is C21H28N4O. The maximum absolute atomic E-state index is 6.07. The molecule has 1 fully saturated rings. The normalized spacial score (nSPS) is 20.6. The SMILES string of the molecule is CN=C(NCCc1ccccn1)NCC1CCCOC1c1ccccc1. The fraction of sp³-hybridized carbons (Fsp3) is 0.429. The highest BCUT2D eigenvalue weighted by molar-refractivity contribution is 5.79. The number of benzene rings is 1. The van der Waals surface area contributed by atoms with Crippen LogP contribution in [0.25, 0.3) is 0 Å². The van der Waals surface area contributed by atoms with Gasteiger partial charge in [-0.2, -0.15) is 0 Å². The minimum atomic E-state index is 0.157. The Bertz CT molecular complexity index is 675. The predicted molar refractivity (Wildman–Crippen MR) is 105 cm³/mol. The Kier molecular flexibility index (Phi) is 7.02. The third kappa shape index (κ3) is 5.30. The van der Waals surface area contributed by atoms with E-state index in [2.05, 4.69) is 44.9 Å². The van der Waals surface area contributed by atoms with Gasteiger partial charge >= 0.3 is 0 Å². The molecule has 0 aliphatic carbocycles. The molecule has 3 rings (SSSR count). The summed E-state index contributed by atoms with van der Waals surface area (Å²) in [7, 11) is 1.81. The summed E-state index contributed by atoms with van der Waals surface area (Å²) in [4.78, 5) is 8.68. The van der Waals surface area contributed by atoms with Gasteiger partial charge in [-0.15, -0.1) is 0 Å². The number of nitrogens with one attached hydrogen (secondary N) is 2. The van der Waals surface area contributed by atoms with Crippen LogP contribution < -0.4 is 10.6 Å². The lowest BCUT2D eigenvalue weighted by molar-refractivity contribution is -0.0265. The monoisotopic (exact) mass is 352 g/mol. The Morgan fingerprint density at radius 2 is 2.00 bits per heavy atom. The van der Waals surface area contributed by atoms with E-state index >= 15 is 0 Å². The Morgan fingerprint density at radius 1 is 1.15 bits per heavy atom. The number of aromatic nitrogens is 1. The zero-order valence-corrected chi connectivity index (χ0v) is 15.4. The number of rotatable bonds is 6. The van der Waals surface area contributed by atoms with E-state index in [0.29, 0.717) is 5.92 Å². The second-order valence-electron chi connectivity index (χ2n) is 6.56. The number of pyridine rings is 1. The molecule has 0 saturated carbocycles. The van der Waals surface area contributed by atoms with Gasteiger partial charge in [-0.05, 0) is 30.5 Å². The van der Waals surface area contributed by atoms with Crippen molar-refractivity contribution in [3.8, 4) is 0 Å². The quantitative estimate of drug-likeness (QED) is 0.620. The van der Waals surface area contributed by atoms with Crippen molar-refractivity contribution in [2.75, 3.05) is 26.7 Å². The molecule has 2 heterocycles. The highest BCUT2D eigenvalue weighted by Crippen LogP contribution is 2.32. The van der Waals surface area contributed by atoms with E-state index in [4.69, 9.17) is 4.74 Å². The van der Waals surface area contributed by atoms with Crippen molar-refractivity contribution in [1.29, 1.82) is 0 Å². The van der Waals surface area contributed by atoms with Crippen LogP contribution in [0.4, 0.5) is 0 Å². The van der Waals surface area contributed by atoms with Crippen LogP contribution in [0.5, 0.6) is 0 Å². The second kappa shape index (κ2) is 9.92. The molecule has 1 saturated heterocycles. The third-order valence-electron chi connectivity index (χ3n) is 4.73. The topological polar surface area (TPSA) is 58.5 Å². The molecule has 26 heavy (non-hydrogen) atoms. The van der Waals surface area contributed by atoms with Gasteiger partial charge in [0, 0.05) is 51.0 Å². The van der Waals surface area contributed by atoms with E-state index in [1.54, 1.807) is 0 Å². The van der Waals surface area contributed by atoms with Crippen LogP contribution in [0.2, 0.25) is 0 Å². The van der Waals surface area contributed by atoms with Crippen molar-refractivity contribution in [3.05, 3.63) is 66.0 Å². The van der Waals surface area contributed by atoms with E-state index in [0.717, 1.165) is 50.6 Å². The summed E-state index contributed by atoms with van der Waals surface area (Å²) in [6.07, 6.45) is 5.14. The summed E-state index contributed by atoms with van der Waals surface area (Å²) in [6, 6.07) is 16.5. The van der Waals surface area contributed by atoms with Gasteiger partial charge in [0.05, 0.1) is 6.10 Å². The fourth-order valence-electron chi connectivity index (χ4n) is 3.37. The van der Waals surface area contributed by atoms with Crippen LogP contribution in [-0.2, 0) is 11.2 Å². The Balaban J connectivity index is 1.49. The molecule has 2 aromatic rings. The molecule has 2 atom stereocenters. The summed E-state index contributed by atoms with van der Waals surface area (Å²) in [5.41, 5.74) is 2.34. The summed E-state index contributed by atoms with van der Waals surface area (Å²) < 4.78 is 6.07. The average molecular weight is 352 g/mol. The number of hydrogen-bond donors (Lipinski definition) is 2. The van der Waals surface area contributed by atoms with Crippen LogP contribution in [-0.4, -0.2) is 37.7 Å². The average Bonchev–Trinajstić information content (AvgIpc) is 2.72. The molecule has 1 aromatic carbocycles. The van der Waals surface area contributed by atoms with Gasteiger partial charge in [-0.3, -0.25) is 9.98 Å². The molecular weight excluding hydrogens is 324 g/mol. The first-order valence-electron chi connectivity index (χ1n) is 9.38. The zero-order valence-electron chi connectivity index (χ0n) is 15.4. The van der Waals surface area contributed by atoms with E-state index in [-0.39, 0.29) is 6.10 Å². The van der Waals surface area contributed by atoms with Gasteiger partial charge in [0.2, 0.25) is 0 Å². The second-order valence-corrected chi connectivity index (χ2v) is 6.56. The van der Waals surface area contributed by atoms with Crippen LogP contribution >= 0.6 is 0 Å². The fourth-order valence-corrected chi connectivity index (χ4v) is 3.37. The molecule has 1 aromatic heterocycles. The molecule has 2 N–H and O–H groups in total. The van der Waals surface area contributed by atoms with Gasteiger partial charge in [-0.25, -0.2) is 0 Å². The van der Waals surface area contributed by atoms with Gasteiger partial charge in [0.1, 0.15) is 0 Å². The van der Waals surface area contributed by atoms with Crippen molar-refractivity contribution in [3.63, 3.8) is 0 Å². The van der Waals surface area contributed by atoms with Crippen molar-refractivity contribution >= 4 is 5.96 Å². The lowest BCUT2D eigenvalue weighted by Gasteiger charge is -2.32. The Morgan fingerprint density at radius 3 is 2.77 bits per heavy atom. The van der Waals surface area contributed by atoms with Gasteiger partial charge < -0.3 is 15.4 Å². The molecule has 0 amide bonds. The van der Waals surface area contributed by atoms with E-state index in [9.17, 15) is 0 Å². The number of hydrogen-bond acceptors (Lipinski definition) is 3. The lowest BCUT2D eigenvalue weighted by Crippen LogP contribution is -2.42. The summed E-state index contributed by atoms with van der Waals surface area (Å²) >= 11 is 0. The third-order valence-corrected chi connectivity index (χ3v) is 4.73. The van der Waals surface area contributed by atoms with E-state index in [1.165, 1.54) is 5.56 Å². The summed E-state index contributed by atoms with van der Waals surface area (Å²) in [6.45, 7) is 2.50. The van der Waals surface area contributed by atoms with Crippen LogP contribution in [0.3, 0.4) is 0 Å². The zero-order chi connectivity index (χ0) is 18.0. The molecule has 5 nitrogen and oxygen atoms in total. The van der Waals surface area contributed by atoms with Crippen molar-refractivity contribution in [2.24, 2.45) is 10.9 Å². The van der Waals surface area contributed by atoms with Gasteiger partial charge in [0.25, 0.3) is 0 Å². The molecule has 0 radical (unpaired) electrons. The van der Waals surface area contributed by atoms with Gasteiger partial charge in [-0.1, -0.05) is 36.4 Å².